The van der Waals surface area contributed by atoms with Crippen molar-refractivity contribution in [1.29, 1.82) is 0 Å². The van der Waals surface area contributed by atoms with Gasteiger partial charge in [-0.3, -0.25) is 20.2 Å². The first kappa shape index (κ1) is 32.4. The Morgan fingerprint density at radius 3 is 1.02 bits per heavy atom. The highest BCUT2D eigenvalue weighted by Crippen LogP contribution is 2.33. The Hall–Kier alpha value is -3.16. The summed E-state index contributed by atoms with van der Waals surface area (Å²) in [6.45, 7) is 3.43. The van der Waals surface area contributed by atoms with Gasteiger partial charge in [0.1, 0.15) is 0 Å². The molecule has 0 aliphatic rings. The molecule has 2 atom stereocenters. The SMILES string of the molecule is CC(C(c1ccc(Cl)cc1)c1ccc(Cl)cc1)[N+](=O)[O-].CCC(C(c1ccc(Cl)cc1)c1ccc(Cl)cc1)[N+](=O)[O-]. The van der Waals surface area contributed by atoms with Gasteiger partial charge in [-0.05, 0) is 70.8 Å². The van der Waals surface area contributed by atoms with Crippen molar-refractivity contribution < 1.29 is 9.85 Å². The number of benzene rings is 4. The van der Waals surface area contributed by atoms with E-state index in [9.17, 15) is 20.2 Å². The van der Waals surface area contributed by atoms with Crippen molar-refractivity contribution in [3.05, 3.63) is 160 Å². The monoisotopic (exact) mass is 632 g/mol. The van der Waals surface area contributed by atoms with Crippen LogP contribution in [0, 0.1) is 20.2 Å². The molecule has 0 heterocycles. The molecule has 214 valence electrons. The van der Waals surface area contributed by atoms with Gasteiger partial charge in [0.05, 0.1) is 11.8 Å². The van der Waals surface area contributed by atoms with Crippen LogP contribution in [0.1, 0.15) is 54.4 Å². The van der Waals surface area contributed by atoms with Gasteiger partial charge in [0, 0.05) is 43.3 Å². The van der Waals surface area contributed by atoms with Crippen molar-refractivity contribution >= 4 is 46.4 Å². The van der Waals surface area contributed by atoms with Gasteiger partial charge in [0.25, 0.3) is 0 Å². The smallest absolute Gasteiger partial charge is 0.223 e. The molecule has 0 radical (unpaired) electrons. The van der Waals surface area contributed by atoms with Crippen LogP contribution in [0.5, 0.6) is 0 Å². The van der Waals surface area contributed by atoms with Gasteiger partial charge in [-0.25, -0.2) is 0 Å². The van der Waals surface area contributed by atoms with Crippen LogP contribution in [0.15, 0.2) is 97.1 Å². The molecule has 4 aromatic rings. The maximum Gasteiger partial charge on any atom is 0.223 e. The van der Waals surface area contributed by atoms with Gasteiger partial charge >= 0.3 is 0 Å². The predicted molar refractivity (Wildman–Crippen MR) is 167 cm³/mol. The second-order valence-corrected chi connectivity index (χ2v) is 11.2. The maximum absolute atomic E-state index is 11.4. The lowest BCUT2D eigenvalue weighted by Crippen LogP contribution is -2.27. The molecular weight excluding hydrogens is 606 g/mol. The van der Waals surface area contributed by atoms with Crippen molar-refractivity contribution in [2.45, 2.75) is 44.2 Å². The molecule has 0 aliphatic heterocycles. The van der Waals surface area contributed by atoms with E-state index in [-0.39, 0.29) is 21.7 Å². The van der Waals surface area contributed by atoms with Crippen molar-refractivity contribution in [3.8, 4) is 0 Å². The topological polar surface area (TPSA) is 86.3 Å². The summed E-state index contributed by atoms with van der Waals surface area (Å²) in [6, 6.07) is 27.2. The zero-order valence-electron chi connectivity index (χ0n) is 22.3. The average molecular weight is 634 g/mol. The third-order valence-corrected chi connectivity index (χ3v) is 7.81. The number of hydrogen-bond donors (Lipinski definition) is 0. The first-order chi connectivity index (χ1) is 19.5. The third kappa shape index (κ3) is 8.91. The van der Waals surface area contributed by atoms with Gasteiger partial charge in [-0.15, -0.1) is 0 Å². The molecule has 0 saturated carbocycles. The maximum atomic E-state index is 11.4. The van der Waals surface area contributed by atoms with Crippen LogP contribution in [0.4, 0.5) is 0 Å². The van der Waals surface area contributed by atoms with E-state index in [0.29, 0.717) is 26.5 Å². The van der Waals surface area contributed by atoms with Crippen LogP contribution in [0.3, 0.4) is 0 Å². The predicted octanol–water partition coefficient (Wildman–Crippen LogP) is 9.97. The molecule has 0 aromatic heterocycles. The quantitative estimate of drug-likeness (QED) is 0.136. The molecule has 4 rings (SSSR count). The fraction of sp³-hybridized carbons (Fsp3) is 0.226. The van der Waals surface area contributed by atoms with Crippen molar-refractivity contribution in [2.75, 3.05) is 0 Å². The summed E-state index contributed by atoms with van der Waals surface area (Å²) in [6.07, 6.45) is 0.447. The van der Waals surface area contributed by atoms with E-state index in [4.69, 9.17) is 46.4 Å². The van der Waals surface area contributed by atoms with Crippen LogP contribution in [-0.2, 0) is 0 Å². The number of halogens is 4. The minimum atomic E-state index is -0.739. The fourth-order valence-electron chi connectivity index (χ4n) is 4.69. The standard InChI is InChI=1S/C16H15Cl2NO2.C15H13Cl2NO2/c1-2-15(19(20)21)16(11-3-7-13(17)8-4-11)12-5-9-14(18)10-6-12;1-10(18(19)20)15(11-2-6-13(16)7-3-11)12-4-8-14(17)9-5-12/h3-10,15-16H,2H2,1H3;2-10,15H,1H3. The lowest BCUT2D eigenvalue weighted by atomic mass is 9.84. The van der Waals surface area contributed by atoms with Crippen molar-refractivity contribution in [3.63, 3.8) is 0 Å². The van der Waals surface area contributed by atoms with E-state index in [1.165, 1.54) is 0 Å². The zero-order valence-corrected chi connectivity index (χ0v) is 25.3. The second-order valence-electron chi connectivity index (χ2n) is 9.45. The summed E-state index contributed by atoms with van der Waals surface area (Å²) in [5, 5.41) is 25.0. The van der Waals surface area contributed by atoms with Gasteiger partial charge in [-0.1, -0.05) is 102 Å². The second kappa shape index (κ2) is 15.2. The number of nitro groups is 2. The molecule has 0 fully saturated rings. The van der Waals surface area contributed by atoms with Crippen LogP contribution >= 0.6 is 46.4 Å². The number of hydrogen-bond acceptors (Lipinski definition) is 4. The zero-order chi connectivity index (χ0) is 30.1. The minimum Gasteiger partial charge on any atom is -0.264 e. The summed E-state index contributed by atoms with van der Waals surface area (Å²) in [4.78, 5) is 22.1. The van der Waals surface area contributed by atoms with Crippen molar-refractivity contribution in [1.82, 2.24) is 0 Å². The summed E-state index contributed by atoms with van der Waals surface area (Å²) >= 11 is 23.6. The van der Waals surface area contributed by atoms with Crippen LogP contribution in [-0.4, -0.2) is 21.9 Å². The Bertz CT molecular complexity index is 1340. The Morgan fingerprint density at radius 1 is 0.537 bits per heavy atom. The Morgan fingerprint density at radius 2 is 0.805 bits per heavy atom. The summed E-state index contributed by atoms with van der Waals surface area (Å²) in [7, 11) is 0. The van der Waals surface area contributed by atoms with Crippen molar-refractivity contribution in [2.24, 2.45) is 0 Å². The highest BCUT2D eigenvalue weighted by molar-refractivity contribution is 6.31. The molecule has 0 bridgehead atoms. The lowest BCUT2D eigenvalue weighted by Gasteiger charge is -2.21. The molecule has 6 nitrogen and oxygen atoms in total. The fourth-order valence-corrected chi connectivity index (χ4v) is 5.20. The average Bonchev–Trinajstić information content (AvgIpc) is 2.95. The highest BCUT2D eigenvalue weighted by atomic mass is 35.5. The third-order valence-electron chi connectivity index (χ3n) is 6.81. The Balaban J connectivity index is 0.000000226. The van der Waals surface area contributed by atoms with Crippen LogP contribution in [0.2, 0.25) is 20.1 Å². The highest BCUT2D eigenvalue weighted by Gasteiger charge is 2.32. The summed E-state index contributed by atoms with van der Waals surface area (Å²) in [5.41, 5.74) is 3.48. The van der Waals surface area contributed by atoms with E-state index in [1.54, 1.807) is 55.5 Å². The van der Waals surface area contributed by atoms with Gasteiger partial charge in [0.15, 0.2) is 0 Å². The molecular formula is C31H28Cl4N2O4. The largest absolute Gasteiger partial charge is 0.264 e. The summed E-state index contributed by atoms with van der Waals surface area (Å²) < 4.78 is 0. The molecule has 4 aromatic carbocycles. The Kier molecular flexibility index (Phi) is 12.0. The van der Waals surface area contributed by atoms with Gasteiger partial charge in [-0.2, -0.15) is 0 Å². The molecule has 0 saturated heterocycles. The van der Waals surface area contributed by atoms with E-state index >= 15 is 0 Å². The molecule has 0 N–H and O–H groups in total. The van der Waals surface area contributed by atoms with E-state index in [0.717, 1.165) is 22.3 Å². The molecule has 10 heteroatoms. The van der Waals surface area contributed by atoms with Gasteiger partial charge in [0.2, 0.25) is 12.1 Å². The van der Waals surface area contributed by atoms with E-state index in [2.05, 4.69) is 0 Å². The molecule has 0 spiro atoms. The van der Waals surface area contributed by atoms with E-state index in [1.807, 2.05) is 55.5 Å². The molecule has 41 heavy (non-hydrogen) atoms. The molecule has 0 aliphatic carbocycles. The van der Waals surface area contributed by atoms with E-state index < -0.39 is 12.1 Å². The number of nitrogens with zero attached hydrogens (tertiary/aromatic N) is 2. The first-order valence-corrected chi connectivity index (χ1v) is 14.3. The minimum absolute atomic E-state index is 0.214. The molecule has 0 amide bonds. The van der Waals surface area contributed by atoms with Crippen LogP contribution < -0.4 is 0 Å². The normalized spacial score (nSPS) is 12.4. The summed E-state index contributed by atoms with van der Waals surface area (Å²) in [5.74, 6) is -0.654. The Labute approximate surface area is 259 Å². The number of rotatable bonds is 9. The first-order valence-electron chi connectivity index (χ1n) is 12.8. The lowest BCUT2D eigenvalue weighted by molar-refractivity contribution is -0.525. The van der Waals surface area contributed by atoms with Gasteiger partial charge < -0.3 is 0 Å². The molecule has 2 unspecified atom stereocenters. The van der Waals surface area contributed by atoms with Crippen LogP contribution in [0.25, 0.3) is 0 Å².